The van der Waals surface area contributed by atoms with Crippen LogP contribution in [0.4, 0.5) is 0 Å². The van der Waals surface area contributed by atoms with Crippen LogP contribution in [0.15, 0.2) is 86.2 Å². The number of hydrogen-bond acceptors (Lipinski definition) is 8. The van der Waals surface area contributed by atoms with Crippen LogP contribution in [0.3, 0.4) is 0 Å². The Morgan fingerprint density at radius 3 is 2.58 bits per heavy atom. The van der Waals surface area contributed by atoms with Crippen molar-refractivity contribution in [2.45, 2.75) is 26.5 Å². The first-order valence-corrected chi connectivity index (χ1v) is 15.3. The average Bonchev–Trinajstić information content (AvgIpc) is 3.30. The van der Waals surface area contributed by atoms with E-state index in [0.29, 0.717) is 49.5 Å². The summed E-state index contributed by atoms with van der Waals surface area (Å²) in [5.41, 5.74) is 2.71. The zero-order valence-electron chi connectivity index (χ0n) is 23.9. The van der Waals surface area contributed by atoms with Gasteiger partial charge in [0, 0.05) is 22.2 Å². The van der Waals surface area contributed by atoms with E-state index in [2.05, 4.69) is 20.9 Å². The fourth-order valence-electron chi connectivity index (χ4n) is 4.78. The Bertz CT molecular complexity index is 1920. The van der Waals surface area contributed by atoms with E-state index in [1.165, 1.54) is 23.0 Å². The number of aromatic nitrogens is 1. The zero-order valence-corrected chi connectivity index (χ0v) is 27.0. The predicted octanol–water partition coefficient (Wildman–Crippen LogP) is 5.81. The van der Waals surface area contributed by atoms with Gasteiger partial charge in [-0.3, -0.25) is 9.36 Å². The molecule has 0 amide bonds. The van der Waals surface area contributed by atoms with Crippen molar-refractivity contribution in [2.24, 2.45) is 4.99 Å². The van der Waals surface area contributed by atoms with Crippen LogP contribution in [0.2, 0.25) is 5.02 Å². The highest BCUT2D eigenvalue weighted by atomic mass is 79.9. The number of carbonyl (C=O) groups is 1. The molecule has 2 heterocycles. The molecule has 1 atom stereocenters. The molecule has 0 aliphatic carbocycles. The highest BCUT2D eigenvalue weighted by Gasteiger charge is 2.35. The quantitative estimate of drug-likeness (QED) is 0.207. The van der Waals surface area contributed by atoms with E-state index in [1.807, 2.05) is 42.5 Å². The van der Waals surface area contributed by atoms with E-state index in [1.54, 1.807) is 45.2 Å². The van der Waals surface area contributed by atoms with E-state index in [-0.39, 0.29) is 17.7 Å². The first-order chi connectivity index (χ1) is 20.7. The standard InChI is InChI=1S/C32H28BrClN2O6S/c1-5-41-31(38)28-18(2)35-32-36(29(28)22-12-11-21(39-3)16-26(22)40-4)30(37)27(43-32)15-19-10-13-25(23(33)14-19)42-17-20-8-6-7-9-24(20)34/h6-16,29H,5,17H2,1-4H3/b27-15-/t29-/m0/s1. The molecule has 1 aliphatic rings. The summed E-state index contributed by atoms with van der Waals surface area (Å²) in [6.45, 7) is 3.97. The molecule has 3 aromatic carbocycles. The van der Waals surface area contributed by atoms with Crippen molar-refractivity contribution < 1.29 is 23.7 Å². The van der Waals surface area contributed by atoms with Gasteiger partial charge in [-0.05, 0) is 71.7 Å². The molecule has 11 heteroatoms. The van der Waals surface area contributed by atoms with Crippen LogP contribution in [0.5, 0.6) is 17.2 Å². The van der Waals surface area contributed by atoms with Crippen LogP contribution in [0, 0.1) is 0 Å². The molecule has 43 heavy (non-hydrogen) atoms. The fraction of sp³-hybridized carbons (Fsp3) is 0.219. The minimum atomic E-state index is -0.814. The lowest BCUT2D eigenvalue weighted by atomic mass is 9.95. The molecular formula is C32H28BrClN2O6S. The summed E-state index contributed by atoms with van der Waals surface area (Å²) in [6, 6.07) is 17.5. The summed E-state index contributed by atoms with van der Waals surface area (Å²) in [4.78, 5) is 32.3. The van der Waals surface area contributed by atoms with Crippen LogP contribution in [-0.4, -0.2) is 31.4 Å². The number of allylic oxidation sites excluding steroid dienone is 1. The largest absolute Gasteiger partial charge is 0.497 e. The molecule has 0 radical (unpaired) electrons. The first-order valence-electron chi connectivity index (χ1n) is 13.3. The van der Waals surface area contributed by atoms with Gasteiger partial charge in [-0.2, -0.15) is 0 Å². The van der Waals surface area contributed by atoms with Gasteiger partial charge < -0.3 is 18.9 Å². The third-order valence-corrected chi connectivity index (χ3v) is 8.82. The third kappa shape index (κ3) is 6.27. The molecule has 8 nitrogen and oxygen atoms in total. The minimum Gasteiger partial charge on any atom is -0.497 e. The maximum absolute atomic E-state index is 14.0. The highest BCUT2D eigenvalue weighted by molar-refractivity contribution is 9.10. The molecule has 4 aromatic rings. The maximum Gasteiger partial charge on any atom is 0.338 e. The van der Waals surface area contributed by atoms with Crippen LogP contribution >= 0.6 is 38.9 Å². The molecule has 222 valence electrons. The Labute approximate surface area is 265 Å². The van der Waals surface area contributed by atoms with Gasteiger partial charge in [0.15, 0.2) is 4.80 Å². The van der Waals surface area contributed by atoms with Gasteiger partial charge in [0.1, 0.15) is 29.9 Å². The van der Waals surface area contributed by atoms with E-state index >= 15 is 0 Å². The summed E-state index contributed by atoms with van der Waals surface area (Å²) in [7, 11) is 3.09. The minimum absolute atomic E-state index is 0.180. The molecule has 0 unspecified atom stereocenters. The lowest BCUT2D eigenvalue weighted by Gasteiger charge is -2.26. The lowest BCUT2D eigenvalue weighted by molar-refractivity contribution is -0.139. The number of halogens is 2. The second-order valence-corrected chi connectivity index (χ2v) is 11.8. The summed E-state index contributed by atoms with van der Waals surface area (Å²) in [5.74, 6) is 1.14. The van der Waals surface area contributed by atoms with E-state index < -0.39 is 12.0 Å². The predicted molar refractivity (Wildman–Crippen MR) is 170 cm³/mol. The molecule has 0 saturated carbocycles. The lowest BCUT2D eigenvalue weighted by Crippen LogP contribution is -2.40. The Morgan fingerprint density at radius 1 is 1.09 bits per heavy atom. The van der Waals surface area contributed by atoms with E-state index in [4.69, 9.17) is 30.5 Å². The first kappa shape index (κ1) is 30.6. The van der Waals surface area contributed by atoms with Gasteiger partial charge in [-0.1, -0.05) is 47.2 Å². The van der Waals surface area contributed by atoms with Gasteiger partial charge in [-0.15, -0.1) is 0 Å². The summed E-state index contributed by atoms with van der Waals surface area (Å²) < 4.78 is 25.1. The van der Waals surface area contributed by atoms with E-state index in [9.17, 15) is 9.59 Å². The molecule has 0 N–H and O–H groups in total. The molecule has 0 bridgehead atoms. The number of rotatable bonds is 9. The second-order valence-electron chi connectivity index (χ2n) is 9.48. The average molecular weight is 684 g/mol. The number of hydrogen-bond donors (Lipinski definition) is 0. The summed E-state index contributed by atoms with van der Waals surface area (Å²) >= 11 is 11.1. The molecule has 0 spiro atoms. The topological polar surface area (TPSA) is 88.4 Å². The normalized spacial score (nSPS) is 14.7. The third-order valence-electron chi connectivity index (χ3n) is 6.85. The Morgan fingerprint density at radius 2 is 1.88 bits per heavy atom. The van der Waals surface area contributed by atoms with Gasteiger partial charge in [0.2, 0.25) is 0 Å². The van der Waals surface area contributed by atoms with Crippen LogP contribution in [0.25, 0.3) is 6.08 Å². The molecular weight excluding hydrogens is 656 g/mol. The number of benzene rings is 3. The van der Waals surface area contributed by atoms with Crippen molar-refractivity contribution in [1.82, 2.24) is 4.57 Å². The van der Waals surface area contributed by atoms with E-state index in [0.717, 1.165) is 15.6 Å². The fourth-order valence-corrected chi connectivity index (χ4v) is 6.52. The number of esters is 1. The Hall–Kier alpha value is -3.86. The number of methoxy groups -OCH3 is 2. The Kier molecular flexibility index (Phi) is 9.39. The number of carbonyl (C=O) groups excluding carboxylic acids is 1. The monoisotopic (exact) mass is 682 g/mol. The molecule has 0 fully saturated rings. The molecule has 1 aliphatic heterocycles. The number of thiazole rings is 1. The smallest absolute Gasteiger partial charge is 0.338 e. The van der Waals surface area contributed by atoms with Crippen molar-refractivity contribution in [2.75, 3.05) is 20.8 Å². The Balaban J connectivity index is 1.57. The van der Waals surface area contributed by atoms with Gasteiger partial charge in [0.25, 0.3) is 5.56 Å². The van der Waals surface area contributed by atoms with Gasteiger partial charge in [-0.25, -0.2) is 9.79 Å². The van der Waals surface area contributed by atoms with Crippen molar-refractivity contribution in [3.63, 3.8) is 0 Å². The van der Waals surface area contributed by atoms with Crippen molar-refractivity contribution in [1.29, 1.82) is 0 Å². The highest BCUT2D eigenvalue weighted by Crippen LogP contribution is 2.37. The van der Waals surface area contributed by atoms with Crippen LogP contribution in [-0.2, 0) is 16.1 Å². The maximum atomic E-state index is 14.0. The summed E-state index contributed by atoms with van der Waals surface area (Å²) in [6.07, 6.45) is 1.79. The number of nitrogens with zero attached hydrogens (tertiary/aromatic N) is 2. The molecule has 5 rings (SSSR count). The SMILES string of the molecule is CCOC(=O)C1=C(C)N=c2s/c(=C\c3ccc(OCc4ccccc4Cl)c(Br)c3)c(=O)n2[C@H]1c1ccc(OC)cc1OC. The van der Waals surface area contributed by atoms with Crippen molar-refractivity contribution in [3.05, 3.63) is 118 Å². The number of ether oxygens (including phenoxy) is 4. The van der Waals surface area contributed by atoms with Crippen molar-refractivity contribution in [3.8, 4) is 17.2 Å². The van der Waals surface area contributed by atoms with Gasteiger partial charge in [0.05, 0.1) is 41.1 Å². The van der Waals surface area contributed by atoms with Gasteiger partial charge >= 0.3 is 5.97 Å². The second kappa shape index (κ2) is 13.2. The molecule has 1 aromatic heterocycles. The molecule has 0 saturated heterocycles. The summed E-state index contributed by atoms with van der Waals surface area (Å²) in [5, 5.41) is 0.637. The van der Waals surface area contributed by atoms with Crippen molar-refractivity contribution >= 4 is 50.9 Å². The van der Waals surface area contributed by atoms with Crippen LogP contribution < -0.4 is 29.1 Å². The zero-order chi connectivity index (χ0) is 30.7. The number of fused-ring (bicyclic) bond motifs is 1. The van der Waals surface area contributed by atoms with Crippen LogP contribution in [0.1, 0.15) is 36.6 Å².